The van der Waals surface area contributed by atoms with Gasteiger partial charge in [0, 0.05) is 34.3 Å². The molecule has 152 valence electrons. The van der Waals surface area contributed by atoms with E-state index in [2.05, 4.69) is 54.2 Å². The van der Waals surface area contributed by atoms with E-state index in [1.165, 1.54) is 55.0 Å². The van der Waals surface area contributed by atoms with Crippen LogP contribution in [0.5, 0.6) is 0 Å². The predicted octanol–water partition coefficient (Wildman–Crippen LogP) is 5.99. The summed E-state index contributed by atoms with van der Waals surface area (Å²) in [5.41, 5.74) is 4.95. The topological polar surface area (TPSA) is 36.1 Å². The van der Waals surface area contributed by atoms with Crippen molar-refractivity contribution in [2.45, 2.75) is 71.4 Å². The number of nitrogens with one attached hydrogen (secondary N) is 1. The highest BCUT2D eigenvalue weighted by Gasteiger charge is 2.56. The standard InChI is InChI=1S/C26H32N2O/c1-15-16(2)25(29)28(24(15)22-14-27-23-7-5-4-6-21(22)23)17(3)26-11-18-8-19(12-26)10-20(9-18)13-26/h4-7,14,17-20,24,27H,8-13H2,1-3H3. The average molecular weight is 389 g/mol. The Balaban J connectivity index is 1.43. The van der Waals surface area contributed by atoms with Gasteiger partial charge in [0.15, 0.2) is 0 Å². The number of fused-ring (bicyclic) bond motifs is 1. The molecular weight excluding hydrogens is 356 g/mol. The zero-order chi connectivity index (χ0) is 19.9. The summed E-state index contributed by atoms with van der Waals surface area (Å²) in [5, 5.41) is 1.25. The Hall–Kier alpha value is -2.03. The van der Waals surface area contributed by atoms with Crippen molar-refractivity contribution < 1.29 is 4.79 Å². The zero-order valence-corrected chi connectivity index (χ0v) is 17.9. The maximum Gasteiger partial charge on any atom is 0.250 e. The maximum atomic E-state index is 13.5. The Bertz CT molecular complexity index is 993. The Labute approximate surface area is 173 Å². The largest absolute Gasteiger partial charge is 0.361 e. The van der Waals surface area contributed by atoms with Gasteiger partial charge in [0.2, 0.25) is 0 Å². The van der Waals surface area contributed by atoms with Gasteiger partial charge in [0.25, 0.3) is 5.91 Å². The van der Waals surface area contributed by atoms with Crippen LogP contribution in [0.1, 0.15) is 70.9 Å². The number of aromatic amines is 1. The Morgan fingerprint density at radius 1 is 1.03 bits per heavy atom. The molecule has 0 radical (unpaired) electrons. The Morgan fingerprint density at radius 3 is 2.31 bits per heavy atom. The molecule has 2 atom stereocenters. The smallest absolute Gasteiger partial charge is 0.250 e. The average Bonchev–Trinajstić information content (AvgIpc) is 3.21. The van der Waals surface area contributed by atoms with E-state index in [0.717, 1.165) is 28.8 Å². The number of hydrogen-bond donors (Lipinski definition) is 1. The van der Waals surface area contributed by atoms with Gasteiger partial charge < -0.3 is 9.88 Å². The fourth-order valence-corrected chi connectivity index (χ4v) is 7.98. The molecule has 1 N–H and O–H groups in total. The molecule has 3 nitrogen and oxygen atoms in total. The summed E-state index contributed by atoms with van der Waals surface area (Å²) in [6.45, 7) is 6.58. The number of amides is 1. The van der Waals surface area contributed by atoms with E-state index in [9.17, 15) is 4.79 Å². The second kappa shape index (κ2) is 6.00. The van der Waals surface area contributed by atoms with Crippen molar-refractivity contribution in [3.05, 3.63) is 47.2 Å². The maximum absolute atomic E-state index is 13.5. The number of nitrogens with zero attached hydrogens (tertiary/aromatic N) is 1. The van der Waals surface area contributed by atoms with E-state index >= 15 is 0 Å². The lowest BCUT2D eigenvalue weighted by Crippen LogP contribution is -2.56. The molecule has 4 bridgehead atoms. The van der Waals surface area contributed by atoms with Gasteiger partial charge in [0.05, 0.1) is 6.04 Å². The summed E-state index contributed by atoms with van der Waals surface area (Å²) in [7, 11) is 0. The van der Waals surface area contributed by atoms with Crippen molar-refractivity contribution in [3.63, 3.8) is 0 Å². The number of para-hydroxylation sites is 1. The van der Waals surface area contributed by atoms with E-state index in [-0.39, 0.29) is 11.9 Å². The number of rotatable bonds is 3. The van der Waals surface area contributed by atoms with E-state index in [1.807, 2.05) is 6.92 Å². The normalized spacial score (nSPS) is 37.2. The highest BCUT2D eigenvalue weighted by molar-refractivity contribution is 5.98. The van der Waals surface area contributed by atoms with Crippen LogP contribution in [-0.4, -0.2) is 21.8 Å². The van der Waals surface area contributed by atoms with E-state index in [4.69, 9.17) is 0 Å². The molecule has 4 aliphatic carbocycles. The van der Waals surface area contributed by atoms with E-state index < -0.39 is 0 Å². The van der Waals surface area contributed by atoms with Crippen molar-refractivity contribution in [1.82, 2.24) is 9.88 Å². The number of carbonyl (C=O) groups excluding carboxylic acids is 1. The monoisotopic (exact) mass is 388 g/mol. The first-order valence-corrected chi connectivity index (χ1v) is 11.5. The second-order valence-corrected chi connectivity index (χ2v) is 10.7. The Kier molecular flexibility index (Phi) is 3.68. The van der Waals surface area contributed by atoms with Crippen LogP contribution in [0, 0.1) is 23.2 Å². The highest BCUT2D eigenvalue weighted by atomic mass is 16.2. The summed E-state index contributed by atoms with van der Waals surface area (Å²) >= 11 is 0. The first-order chi connectivity index (χ1) is 14.0. The molecule has 1 amide bonds. The first-order valence-electron chi connectivity index (χ1n) is 11.5. The fourth-order valence-electron chi connectivity index (χ4n) is 7.98. The molecule has 0 spiro atoms. The number of aromatic nitrogens is 1. The van der Waals surface area contributed by atoms with Gasteiger partial charge >= 0.3 is 0 Å². The molecule has 2 unspecified atom stereocenters. The van der Waals surface area contributed by atoms with Crippen LogP contribution in [0.2, 0.25) is 0 Å². The highest BCUT2D eigenvalue weighted by Crippen LogP contribution is 2.63. The van der Waals surface area contributed by atoms with Crippen LogP contribution in [-0.2, 0) is 4.79 Å². The number of benzene rings is 1. The molecule has 5 aliphatic rings. The minimum Gasteiger partial charge on any atom is -0.361 e. The zero-order valence-electron chi connectivity index (χ0n) is 17.9. The Morgan fingerprint density at radius 2 is 1.66 bits per heavy atom. The summed E-state index contributed by atoms with van der Waals surface area (Å²) in [5.74, 6) is 2.98. The predicted molar refractivity (Wildman–Crippen MR) is 116 cm³/mol. The first kappa shape index (κ1) is 17.8. The molecule has 4 saturated carbocycles. The van der Waals surface area contributed by atoms with Crippen LogP contribution in [0.4, 0.5) is 0 Å². The number of H-pyrrole nitrogens is 1. The van der Waals surface area contributed by atoms with Crippen LogP contribution in [0.3, 0.4) is 0 Å². The molecule has 2 aromatic rings. The minimum absolute atomic E-state index is 0.0710. The van der Waals surface area contributed by atoms with Crippen molar-refractivity contribution in [1.29, 1.82) is 0 Å². The van der Waals surface area contributed by atoms with Crippen molar-refractivity contribution in [2.24, 2.45) is 23.2 Å². The van der Waals surface area contributed by atoms with Crippen LogP contribution in [0.15, 0.2) is 41.6 Å². The van der Waals surface area contributed by atoms with E-state index in [1.54, 1.807) is 0 Å². The van der Waals surface area contributed by atoms with Gasteiger partial charge in [-0.2, -0.15) is 0 Å². The van der Waals surface area contributed by atoms with Crippen LogP contribution < -0.4 is 0 Å². The number of carbonyl (C=O) groups is 1. The molecule has 3 heteroatoms. The molecule has 0 saturated heterocycles. The lowest BCUT2D eigenvalue weighted by Gasteiger charge is -2.60. The third-order valence-electron chi connectivity index (χ3n) is 9.14. The van der Waals surface area contributed by atoms with Gasteiger partial charge in [-0.3, -0.25) is 4.79 Å². The summed E-state index contributed by atoms with van der Waals surface area (Å²) in [4.78, 5) is 19.3. The van der Waals surface area contributed by atoms with Gasteiger partial charge in [-0.1, -0.05) is 18.2 Å². The van der Waals surface area contributed by atoms with Crippen molar-refractivity contribution >= 4 is 16.8 Å². The lowest BCUT2D eigenvalue weighted by molar-refractivity contribution is -0.142. The number of hydrogen-bond acceptors (Lipinski definition) is 1. The molecule has 2 heterocycles. The van der Waals surface area contributed by atoms with Gasteiger partial charge in [-0.25, -0.2) is 0 Å². The molecule has 4 fully saturated rings. The third-order valence-corrected chi connectivity index (χ3v) is 9.14. The van der Waals surface area contributed by atoms with Gasteiger partial charge in [-0.05, 0) is 94.1 Å². The molecule has 29 heavy (non-hydrogen) atoms. The summed E-state index contributed by atoms with van der Waals surface area (Å²) in [6, 6.07) is 8.88. The fraction of sp³-hybridized carbons (Fsp3) is 0.577. The second-order valence-electron chi connectivity index (χ2n) is 10.7. The van der Waals surface area contributed by atoms with Crippen LogP contribution >= 0.6 is 0 Å². The van der Waals surface area contributed by atoms with E-state index in [0.29, 0.717) is 11.5 Å². The molecule has 1 aromatic heterocycles. The summed E-state index contributed by atoms with van der Waals surface area (Å²) < 4.78 is 0. The molecule has 1 aromatic carbocycles. The van der Waals surface area contributed by atoms with Crippen molar-refractivity contribution in [2.75, 3.05) is 0 Å². The molecule has 7 rings (SSSR count). The quantitative estimate of drug-likeness (QED) is 0.688. The van der Waals surface area contributed by atoms with Crippen molar-refractivity contribution in [3.8, 4) is 0 Å². The molecule has 1 aliphatic heterocycles. The summed E-state index contributed by atoms with van der Waals surface area (Å²) in [6.07, 6.45) is 10.5. The van der Waals surface area contributed by atoms with Crippen LogP contribution in [0.25, 0.3) is 10.9 Å². The SMILES string of the molecule is CC1=C(C)C(c2c[nH]c3ccccc23)N(C(C)C23CC4CC(CC(C4)C2)C3)C1=O. The lowest BCUT2D eigenvalue weighted by atomic mass is 9.47. The molecular formula is C26H32N2O. The van der Waals surface area contributed by atoms with Gasteiger partial charge in [-0.15, -0.1) is 0 Å². The minimum atomic E-state index is 0.0710. The third kappa shape index (κ3) is 2.39. The van der Waals surface area contributed by atoms with Gasteiger partial charge in [0.1, 0.15) is 0 Å².